The van der Waals surface area contributed by atoms with Crippen LogP contribution in [0.1, 0.15) is 18.4 Å². The van der Waals surface area contributed by atoms with E-state index in [1.807, 2.05) is 6.07 Å². The molecular formula is C10H8N. The van der Waals surface area contributed by atoms with Gasteiger partial charge in [-0.1, -0.05) is 11.8 Å². The van der Waals surface area contributed by atoms with Gasteiger partial charge in [0.25, 0.3) is 0 Å². The molecule has 0 amide bonds. The Bertz CT molecular complexity index is 288. The van der Waals surface area contributed by atoms with Crippen molar-refractivity contribution in [1.82, 2.24) is 4.98 Å². The van der Waals surface area contributed by atoms with Crippen molar-refractivity contribution in [2.75, 3.05) is 0 Å². The Balaban J connectivity index is 2.12. The van der Waals surface area contributed by atoms with Crippen LogP contribution in [0.5, 0.6) is 0 Å². The van der Waals surface area contributed by atoms with Gasteiger partial charge in [-0.05, 0) is 25.0 Å². The standard InChI is InChI=1S/C10H8N/c1-2-10(8-11-7-1)6-5-9-3-4-9/h1-2,8-9H,3-4H2. The summed E-state index contributed by atoms with van der Waals surface area (Å²) in [6, 6.07) is 3.72. The van der Waals surface area contributed by atoms with E-state index in [1.54, 1.807) is 12.3 Å². The molecule has 1 heterocycles. The van der Waals surface area contributed by atoms with Gasteiger partial charge in [0.1, 0.15) is 0 Å². The minimum atomic E-state index is 0.666. The smallest absolute Gasteiger partial charge is 0.0887 e. The fraction of sp³-hybridized carbons (Fsp3) is 0.300. The molecule has 1 aromatic rings. The van der Waals surface area contributed by atoms with E-state index in [0.29, 0.717) is 5.92 Å². The summed E-state index contributed by atoms with van der Waals surface area (Å²) in [4.78, 5) is 3.86. The molecule has 0 atom stereocenters. The lowest BCUT2D eigenvalue weighted by atomic mass is 10.3. The van der Waals surface area contributed by atoms with Gasteiger partial charge < -0.3 is 0 Å². The third-order valence-corrected chi connectivity index (χ3v) is 1.61. The van der Waals surface area contributed by atoms with Crippen LogP contribution < -0.4 is 0 Å². The molecule has 1 aliphatic carbocycles. The molecule has 1 aliphatic rings. The Morgan fingerprint density at radius 2 is 2.45 bits per heavy atom. The normalized spacial score (nSPS) is 15.3. The molecule has 11 heavy (non-hydrogen) atoms. The number of pyridine rings is 1. The van der Waals surface area contributed by atoms with Gasteiger partial charge in [0.15, 0.2) is 0 Å². The fourth-order valence-electron chi connectivity index (χ4n) is 0.807. The van der Waals surface area contributed by atoms with E-state index in [0.717, 1.165) is 5.56 Å². The van der Waals surface area contributed by atoms with Gasteiger partial charge >= 0.3 is 0 Å². The van der Waals surface area contributed by atoms with Crippen LogP contribution in [-0.2, 0) is 0 Å². The predicted octanol–water partition coefficient (Wildman–Crippen LogP) is 1.64. The number of hydrogen-bond donors (Lipinski definition) is 0. The van der Waals surface area contributed by atoms with Crippen molar-refractivity contribution in [2.24, 2.45) is 5.92 Å². The first-order valence-electron chi connectivity index (χ1n) is 3.79. The van der Waals surface area contributed by atoms with Crippen molar-refractivity contribution in [3.8, 4) is 11.8 Å². The summed E-state index contributed by atoms with van der Waals surface area (Å²) >= 11 is 0. The summed E-state index contributed by atoms with van der Waals surface area (Å²) in [7, 11) is 0. The molecule has 1 saturated carbocycles. The monoisotopic (exact) mass is 142 g/mol. The molecule has 0 spiro atoms. The highest BCUT2D eigenvalue weighted by molar-refractivity contribution is 5.32. The first-order chi connectivity index (χ1) is 5.45. The van der Waals surface area contributed by atoms with Gasteiger partial charge in [-0.3, -0.25) is 4.98 Å². The molecule has 1 heteroatoms. The van der Waals surface area contributed by atoms with Crippen LogP contribution in [0, 0.1) is 24.0 Å². The number of aromatic nitrogens is 1. The van der Waals surface area contributed by atoms with Crippen LogP contribution in [-0.4, -0.2) is 4.98 Å². The van der Waals surface area contributed by atoms with Crippen molar-refractivity contribution in [2.45, 2.75) is 12.8 Å². The Kier molecular flexibility index (Phi) is 1.61. The van der Waals surface area contributed by atoms with E-state index in [9.17, 15) is 0 Å². The van der Waals surface area contributed by atoms with Crippen molar-refractivity contribution in [3.05, 3.63) is 30.1 Å². The molecule has 1 aromatic heterocycles. The van der Waals surface area contributed by atoms with E-state index in [2.05, 4.69) is 23.0 Å². The molecule has 0 saturated heterocycles. The van der Waals surface area contributed by atoms with Crippen LogP contribution in [0.3, 0.4) is 0 Å². The maximum atomic E-state index is 3.86. The molecule has 0 aromatic carbocycles. The van der Waals surface area contributed by atoms with Gasteiger partial charge in [-0.25, -0.2) is 0 Å². The third-order valence-electron chi connectivity index (χ3n) is 1.61. The lowest BCUT2D eigenvalue weighted by Crippen LogP contribution is -1.75. The van der Waals surface area contributed by atoms with E-state index >= 15 is 0 Å². The molecule has 0 bridgehead atoms. The largest absolute Gasteiger partial charge is 0.253 e. The number of nitrogens with zero attached hydrogens (tertiary/aromatic N) is 1. The Morgan fingerprint density at radius 3 is 3.09 bits per heavy atom. The first-order valence-corrected chi connectivity index (χ1v) is 3.79. The van der Waals surface area contributed by atoms with Gasteiger partial charge in [-0.2, -0.15) is 0 Å². The number of rotatable bonds is 0. The highest BCUT2D eigenvalue weighted by Crippen LogP contribution is 2.27. The Morgan fingerprint density at radius 1 is 1.55 bits per heavy atom. The number of hydrogen-bond acceptors (Lipinski definition) is 1. The molecule has 2 rings (SSSR count). The quantitative estimate of drug-likeness (QED) is 0.502. The van der Waals surface area contributed by atoms with Crippen LogP contribution in [0.2, 0.25) is 0 Å². The Labute approximate surface area is 66.5 Å². The zero-order valence-corrected chi connectivity index (χ0v) is 6.17. The van der Waals surface area contributed by atoms with Gasteiger partial charge in [-0.15, -0.1) is 0 Å². The van der Waals surface area contributed by atoms with Gasteiger partial charge in [0, 0.05) is 17.7 Å². The van der Waals surface area contributed by atoms with E-state index < -0.39 is 0 Å². The molecule has 1 nitrogen and oxygen atoms in total. The second-order valence-corrected chi connectivity index (χ2v) is 2.72. The zero-order chi connectivity index (χ0) is 7.52. The van der Waals surface area contributed by atoms with Crippen LogP contribution in [0.25, 0.3) is 0 Å². The van der Waals surface area contributed by atoms with Gasteiger partial charge in [0.05, 0.1) is 6.20 Å². The average Bonchev–Trinajstić information content (AvgIpc) is 2.86. The second-order valence-electron chi connectivity index (χ2n) is 2.72. The molecule has 0 aliphatic heterocycles. The SMILES string of the molecule is C(#CC1CC1)c1cc[c]nc1. The van der Waals surface area contributed by atoms with E-state index in [1.165, 1.54) is 12.8 Å². The fourth-order valence-corrected chi connectivity index (χ4v) is 0.807. The summed E-state index contributed by atoms with van der Waals surface area (Å²) in [6.07, 6.45) is 7.02. The topological polar surface area (TPSA) is 12.9 Å². The van der Waals surface area contributed by atoms with Crippen molar-refractivity contribution >= 4 is 0 Å². The first kappa shape index (κ1) is 6.42. The maximum absolute atomic E-state index is 3.86. The minimum absolute atomic E-state index is 0.666. The maximum Gasteiger partial charge on any atom is 0.0887 e. The molecule has 0 unspecified atom stereocenters. The Hall–Kier alpha value is -1.29. The predicted molar refractivity (Wildman–Crippen MR) is 42.7 cm³/mol. The van der Waals surface area contributed by atoms with Crippen molar-refractivity contribution < 1.29 is 0 Å². The van der Waals surface area contributed by atoms with Crippen LogP contribution in [0.4, 0.5) is 0 Å². The highest BCUT2D eigenvalue weighted by Gasteiger charge is 2.17. The summed E-state index contributed by atoms with van der Waals surface area (Å²) in [5.41, 5.74) is 0.996. The summed E-state index contributed by atoms with van der Waals surface area (Å²) in [6.45, 7) is 0. The molecule has 1 radical (unpaired) electrons. The third kappa shape index (κ3) is 1.81. The van der Waals surface area contributed by atoms with Crippen LogP contribution in [0.15, 0.2) is 18.3 Å². The van der Waals surface area contributed by atoms with Crippen molar-refractivity contribution in [1.29, 1.82) is 0 Å². The second kappa shape index (κ2) is 2.75. The van der Waals surface area contributed by atoms with Gasteiger partial charge in [0.2, 0.25) is 0 Å². The average molecular weight is 142 g/mol. The molecule has 1 fully saturated rings. The van der Waals surface area contributed by atoms with Crippen molar-refractivity contribution in [3.63, 3.8) is 0 Å². The van der Waals surface area contributed by atoms with E-state index in [-0.39, 0.29) is 0 Å². The minimum Gasteiger partial charge on any atom is -0.253 e. The molecule has 0 N–H and O–H groups in total. The summed E-state index contributed by atoms with van der Waals surface area (Å²) in [5, 5.41) is 0. The molecule has 53 valence electrons. The lowest BCUT2D eigenvalue weighted by Gasteiger charge is -1.83. The lowest BCUT2D eigenvalue weighted by molar-refractivity contribution is 1.18. The zero-order valence-electron chi connectivity index (χ0n) is 6.17. The highest BCUT2D eigenvalue weighted by atomic mass is 14.6. The summed E-state index contributed by atoms with van der Waals surface area (Å²) in [5.74, 6) is 6.91. The van der Waals surface area contributed by atoms with Crippen LogP contribution >= 0.6 is 0 Å². The van der Waals surface area contributed by atoms with E-state index in [4.69, 9.17) is 0 Å². The molecular weight excluding hydrogens is 134 g/mol. The summed E-state index contributed by atoms with van der Waals surface area (Å²) < 4.78 is 0.